The predicted molar refractivity (Wildman–Crippen MR) is 127 cm³/mol. The molecular formula is C28H44O2. The van der Waals surface area contributed by atoms with Gasteiger partial charge in [0.15, 0.2) is 0 Å². The first-order valence-corrected chi connectivity index (χ1v) is 12.3. The van der Waals surface area contributed by atoms with Crippen molar-refractivity contribution in [3.8, 4) is 0 Å². The standard InChI is InChI=1S/C28H44O2/c1-18(2)19(3)9-10-20(4)25-13-14-26-22(8-7-15-28(25,26)6)11-12-23-16-24(29)17-27(30)21(23)5/h9-12,18-20,24-27,29-30H,5,7-8,13-17H2,1-4,6H3/b10-9+,22-11+,23-12-/t19-,20?,24+,25+,26-,27-,28+/m0/s1. The zero-order chi connectivity index (χ0) is 22.1. The quantitative estimate of drug-likeness (QED) is 0.499. The summed E-state index contributed by atoms with van der Waals surface area (Å²) in [5.74, 6) is 3.38. The Morgan fingerprint density at radius 3 is 2.50 bits per heavy atom. The van der Waals surface area contributed by atoms with Crippen molar-refractivity contribution < 1.29 is 10.2 Å². The monoisotopic (exact) mass is 412 g/mol. The lowest BCUT2D eigenvalue weighted by molar-refractivity contribution is 0.0862. The fourth-order valence-corrected chi connectivity index (χ4v) is 6.32. The molecule has 3 rings (SSSR count). The molecule has 0 amide bonds. The summed E-state index contributed by atoms with van der Waals surface area (Å²) in [4.78, 5) is 0. The van der Waals surface area contributed by atoms with Crippen molar-refractivity contribution in [1.29, 1.82) is 0 Å². The average molecular weight is 413 g/mol. The fraction of sp³-hybridized carbons (Fsp3) is 0.714. The number of fused-ring (bicyclic) bond motifs is 1. The van der Waals surface area contributed by atoms with Crippen molar-refractivity contribution in [2.24, 2.45) is 35.0 Å². The molecular weight excluding hydrogens is 368 g/mol. The van der Waals surface area contributed by atoms with Gasteiger partial charge >= 0.3 is 0 Å². The van der Waals surface area contributed by atoms with Crippen molar-refractivity contribution in [1.82, 2.24) is 0 Å². The maximum absolute atomic E-state index is 10.1. The van der Waals surface area contributed by atoms with Crippen molar-refractivity contribution in [3.05, 3.63) is 47.6 Å². The first-order valence-electron chi connectivity index (χ1n) is 12.3. The predicted octanol–water partition coefficient (Wildman–Crippen LogP) is 6.61. The van der Waals surface area contributed by atoms with Crippen LogP contribution in [0.3, 0.4) is 0 Å². The molecule has 2 heteroatoms. The minimum absolute atomic E-state index is 0.385. The first kappa shape index (κ1) is 23.5. The third-order valence-electron chi connectivity index (χ3n) is 8.71. The fourth-order valence-electron chi connectivity index (χ4n) is 6.32. The van der Waals surface area contributed by atoms with E-state index in [1.807, 2.05) is 0 Å². The summed E-state index contributed by atoms with van der Waals surface area (Å²) in [6.45, 7) is 16.0. The highest BCUT2D eigenvalue weighted by atomic mass is 16.3. The molecule has 2 N–H and O–H groups in total. The molecule has 0 aromatic rings. The lowest BCUT2D eigenvalue weighted by Gasteiger charge is -2.44. The van der Waals surface area contributed by atoms with E-state index < -0.39 is 12.2 Å². The van der Waals surface area contributed by atoms with E-state index in [-0.39, 0.29) is 0 Å². The lowest BCUT2D eigenvalue weighted by Crippen LogP contribution is -2.35. The summed E-state index contributed by atoms with van der Waals surface area (Å²) < 4.78 is 0. The highest BCUT2D eigenvalue weighted by Gasteiger charge is 2.50. The third-order valence-corrected chi connectivity index (χ3v) is 8.71. The van der Waals surface area contributed by atoms with Gasteiger partial charge in [0.2, 0.25) is 0 Å². The Hall–Kier alpha value is -1.12. The topological polar surface area (TPSA) is 40.5 Å². The Morgan fingerprint density at radius 1 is 1.07 bits per heavy atom. The molecule has 0 bridgehead atoms. The molecule has 0 saturated heterocycles. The molecule has 3 aliphatic rings. The molecule has 0 aliphatic heterocycles. The molecule has 3 fully saturated rings. The maximum Gasteiger partial charge on any atom is 0.0811 e. The Bertz CT molecular complexity index is 712. The van der Waals surface area contributed by atoms with Crippen LogP contribution in [0.1, 0.15) is 79.6 Å². The zero-order valence-electron chi connectivity index (χ0n) is 19.9. The second kappa shape index (κ2) is 9.57. The molecule has 0 heterocycles. The number of aliphatic hydroxyl groups excluding tert-OH is 2. The number of rotatable bonds is 5. The number of hydrogen-bond donors (Lipinski definition) is 2. The summed E-state index contributed by atoms with van der Waals surface area (Å²) in [5.41, 5.74) is 3.77. The van der Waals surface area contributed by atoms with Gasteiger partial charge in [-0.2, -0.15) is 0 Å². The van der Waals surface area contributed by atoms with Crippen LogP contribution in [0.5, 0.6) is 0 Å². The third kappa shape index (κ3) is 4.86. The van der Waals surface area contributed by atoms with Crippen LogP contribution < -0.4 is 0 Å². The van der Waals surface area contributed by atoms with Crippen LogP contribution in [0.2, 0.25) is 0 Å². The highest BCUT2D eigenvalue weighted by molar-refractivity contribution is 5.38. The van der Waals surface area contributed by atoms with E-state index in [1.165, 1.54) is 32.1 Å². The minimum atomic E-state index is -0.605. The second-order valence-corrected chi connectivity index (χ2v) is 11.0. The summed E-state index contributed by atoms with van der Waals surface area (Å²) in [5, 5.41) is 20.2. The number of hydrogen-bond acceptors (Lipinski definition) is 2. The van der Waals surface area contributed by atoms with Gasteiger partial charge < -0.3 is 10.2 Å². The largest absolute Gasteiger partial charge is 0.393 e. The van der Waals surface area contributed by atoms with Crippen LogP contribution in [-0.4, -0.2) is 22.4 Å². The molecule has 3 aliphatic carbocycles. The molecule has 2 nitrogen and oxygen atoms in total. The van der Waals surface area contributed by atoms with E-state index in [0.717, 1.165) is 17.1 Å². The van der Waals surface area contributed by atoms with Gasteiger partial charge in [-0.05, 0) is 84.7 Å². The molecule has 7 atom stereocenters. The van der Waals surface area contributed by atoms with Crippen LogP contribution in [0, 0.1) is 35.0 Å². The Kier molecular flexibility index (Phi) is 7.51. The van der Waals surface area contributed by atoms with Crippen LogP contribution >= 0.6 is 0 Å². The molecule has 3 saturated carbocycles. The molecule has 0 aromatic heterocycles. The Morgan fingerprint density at radius 2 is 1.80 bits per heavy atom. The van der Waals surface area contributed by atoms with Crippen molar-refractivity contribution in [2.75, 3.05) is 0 Å². The van der Waals surface area contributed by atoms with Gasteiger partial charge in [0.05, 0.1) is 12.2 Å². The van der Waals surface area contributed by atoms with E-state index in [1.54, 1.807) is 5.57 Å². The van der Waals surface area contributed by atoms with E-state index in [2.05, 4.69) is 65.5 Å². The van der Waals surface area contributed by atoms with Gasteiger partial charge in [-0.3, -0.25) is 0 Å². The smallest absolute Gasteiger partial charge is 0.0811 e. The van der Waals surface area contributed by atoms with E-state index in [0.29, 0.717) is 41.9 Å². The van der Waals surface area contributed by atoms with Gasteiger partial charge in [0.1, 0.15) is 0 Å². The van der Waals surface area contributed by atoms with Gasteiger partial charge in [0.25, 0.3) is 0 Å². The molecule has 168 valence electrons. The number of aliphatic hydroxyl groups is 2. The van der Waals surface area contributed by atoms with Crippen LogP contribution in [0.15, 0.2) is 47.6 Å². The van der Waals surface area contributed by atoms with Crippen LogP contribution in [-0.2, 0) is 0 Å². The zero-order valence-corrected chi connectivity index (χ0v) is 19.9. The van der Waals surface area contributed by atoms with E-state index in [9.17, 15) is 10.2 Å². The average Bonchev–Trinajstić information content (AvgIpc) is 3.04. The summed E-state index contributed by atoms with van der Waals surface area (Å²) in [7, 11) is 0. The molecule has 0 spiro atoms. The second-order valence-electron chi connectivity index (χ2n) is 11.0. The van der Waals surface area contributed by atoms with Gasteiger partial charge in [-0.15, -0.1) is 0 Å². The molecule has 1 unspecified atom stereocenters. The Balaban J connectivity index is 1.76. The minimum Gasteiger partial charge on any atom is -0.393 e. The van der Waals surface area contributed by atoms with Gasteiger partial charge in [0, 0.05) is 6.42 Å². The van der Waals surface area contributed by atoms with Crippen molar-refractivity contribution >= 4 is 0 Å². The lowest BCUT2D eigenvalue weighted by atomic mass is 9.61. The molecule has 0 aromatic carbocycles. The Labute approximate surface area is 184 Å². The van der Waals surface area contributed by atoms with Gasteiger partial charge in [-0.25, -0.2) is 0 Å². The maximum atomic E-state index is 10.1. The van der Waals surface area contributed by atoms with Gasteiger partial charge in [-0.1, -0.05) is 71.1 Å². The highest BCUT2D eigenvalue weighted by Crippen LogP contribution is 2.59. The SMILES string of the molecule is C=C1/C(=C\C=C2/CCC[C@]3(C)[C@@H](C(C)/C=C/[C@H](C)C(C)C)CC[C@@H]23)C[C@@H](O)C[C@@H]1O. The summed E-state index contributed by atoms with van der Waals surface area (Å²) in [6, 6.07) is 0. The molecule has 0 radical (unpaired) electrons. The van der Waals surface area contributed by atoms with E-state index >= 15 is 0 Å². The number of allylic oxidation sites excluding steroid dienone is 5. The van der Waals surface area contributed by atoms with Crippen LogP contribution in [0.4, 0.5) is 0 Å². The normalized spacial score (nSPS) is 39.8. The first-order chi connectivity index (χ1) is 14.1. The van der Waals surface area contributed by atoms with Crippen LogP contribution in [0.25, 0.3) is 0 Å². The van der Waals surface area contributed by atoms with Crippen molar-refractivity contribution in [2.45, 2.75) is 91.8 Å². The summed E-state index contributed by atoms with van der Waals surface area (Å²) in [6.07, 6.45) is 15.8. The summed E-state index contributed by atoms with van der Waals surface area (Å²) >= 11 is 0. The molecule has 30 heavy (non-hydrogen) atoms. The van der Waals surface area contributed by atoms with E-state index in [4.69, 9.17) is 0 Å². The van der Waals surface area contributed by atoms with Crippen molar-refractivity contribution in [3.63, 3.8) is 0 Å².